The van der Waals surface area contributed by atoms with Gasteiger partial charge in [0.05, 0.1) is 17.7 Å². The molecule has 3 rings (SSSR count). The summed E-state index contributed by atoms with van der Waals surface area (Å²) in [5.74, 6) is 0.981. The number of hydrogen-bond donors (Lipinski definition) is 1. The molecule has 1 atom stereocenters. The van der Waals surface area contributed by atoms with Gasteiger partial charge in [0.15, 0.2) is 11.2 Å². The second kappa shape index (κ2) is 10.1. The SMILES string of the molecule is CC[C@H](Oc1ccc(OC)cc1)C(=O)Nc1nc(-c2ccc(S(=O)(=O)N(C)C)cc2)cs1. The van der Waals surface area contributed by atoms with E-state index in [1.807, 2.05) is 6.92 Å². The van der Waals surface area contributed by atoms with Crippen LogP contribution in [0.1, 0.15) is 13.3 Å². The van der Waals surface area contributed by atoms with Crippen LogP contribution in [-0.2, 0) is 14.8 Å². The van der Waals surface area contributed by atoms with Gasteiger partial charge in [-0.2, -0.15) is 0 Å². The van der Waals surface area contributed by atoms with Gasteiger partial charge in [0.2, 0.25) is 10.0 Å². The number of amides is 1. The standard InChI is InChI=1S/C22H25N3O5S2/c1-5-20(30-17-10-8-16(29-4)9-11-17)21(26)24-22-23-19(14-31-22)15-6-12-18(13-7-15)32(27,28)25(2)3/h6-14,20H,5H2,1-4H3,(H,23,24,26)/t20-/m0/s1. The normalized spacial score (nSPS) is 12.4. The average Bonchev–Trinajstić information content (AvgIpc) is 3.26. The van der Waals surface area contributed by atoms with Gasteiger partial charge in [-0.1, -0.05) is 19.1 Å². The summed E-state index contributed by atoms with van der Waals surface area (Å²) in [5, 5.41) is 5.03. The van der Waals surface area contributed by atoms with Crippen molar-refractivity contribution < 1.29 is 22.7 Å². The zero-order valence-electron chi connectivity index (χ0n) is 18.2. The average molecular weight is 476 g/mol. The second-order valence-electron chi connectivity index (χ2n) is 7.03. The minimum absolute atomic E-state index is 0.205. The first kappa shape index (κ1) is 23.7. The van der Waals surface area contributed by atoms with E-state index in [1.54, 1.807) is 48.9 Å². The Kier molecular flexibility index (Phi) is 7.49. The van der Waals surface area contributed by atoms with Crippen molar-refractivity contribution in [1.82, 2.24) is 9.29 Å². The molecule has 0 fully saturated rings. The van der Waals surface area contributed by atoms with E-state index >= 15 is 0 Å². The molecule has 2 aromatic carbocycles. The third kappa shape index (κ3) is 5.45. The zero-order chi connectivity index (χ0) is 23.3. The molecule has 1 heterocycles. The number of hydrogen-bond acceptors (Lipinski definition) is 7. The van der Waals surface area contributed by atoms with Crippen molar-refractivity contribution in [2.24, 2.45) is 0 Å². The van der Waals surface area contributed by atoms with Gasteiger partial charge in [0.25, 0.3) is 5.91 Å². The highest BCUT2D eigenvalue weighted by atomic mass is 32.2. The molecule has 1 aromatic heterocycles. The van der Waals surface area contributed by atoms with Crippen LogP contribution >= 0.6 is 11.3 Å². The topological polar surface area (TPSA) is 97.8 Å². The van der Waals surface area contributed by atoms with E-state index in [-0.39, 0.29) is 10.8 Å². The Hall–Kier alpha value is -2.95. The van der Waals surface area contributed by atoms with Crippen LogP contribution in [0.25, 0.3) is 11.3 Å². The molecule has 0 saturated heterocycles. The van der Waals surface area contributed by atoms with E-state index in [4.69, 9.17) is 9.47 Å². The molecule has 0 spiro atoms. The van der Waals surface area contributed by atoms with Gasteiger partial charge in [-0.05, 0) is 42.8 Å². The van der Waals surface area contributed by atoms with E-state index in [1.165, 1.54) is 37.6 Å². The second-order valence-corrected chi connectivity index (χ2v) is 10.0. The predicted octanol–water partition coefficient (Wildman–Crippen LogP) is 3.87. The van der Waals surface area contributed by atoms with E-state index in [0.717, 1.165) is 9.87 Å². The third-order valence-corrected chi connectivity index (χ3v) is 7.25. The van der Waals surface area contributed by atoms with Crippen LogP contribution in [0.3, 0.4) is 0 Å². The van der Waals surface area contributed by atoms with Crippen LogP contribution in [0, 0.1) is 0 Å². The van der Waals surface area contributed by atoms with Crippen molar-refractivity contribution in [2.45, 2.75) is 24.3 Å². The Morgan fingerprint density at radius 3 is 2.28 bits per heavy atom. The van der Waals surface area contributed by atoms with Crippen LogP contribution in [0.5, 0.6) is 11.5 Å². The van der Waals surface area contributed by atoms with Crippen molar-refractivity contribution in [3.8, 4) is 22.8 Å². The Labute approximate surface area is 191 Å². The monoisotopic (exact) mass is 475 g/mol. The predicted molar refractivity (Wildman–Crippen MR) is 125 cm³/mol. The fourth-order valence-corrected chi connectivity index (χ4v) is 4.42. The van der Waals surface area contributed by atoms with Crippen molar-refractivity contribution in [2.75, 3.05) is 26.5 Å². The fraction of sp³-hybridized carbons (Fsp3) is 0.273. The van der Waals surface area contributed by atoms with Gasteiger partial charge in [0.1, 0.15) is 11.5 Å². The van der Waals surface area contributed by atoms with E-state index < -0.39 is 16.1 Å². The molecule has 32 heavy (non-hydrogen) atoms. The number of ether oxygens (including phenoxy) is 2. The number of carbonyl (C=O) groups excluding carboxylic acids is 1. The van der Waals surface area contributed by atoms with Crippen molar-refractivity contribution >= 4 is 32.4 Å². The van der Waals surface area contributed by atoms with Gasteiger partial charge < -0.3 is 9.47 Å². The molecule has 0 aliphatic heterocycles. The molecule has 0 unspecified atom stereocenters. The lowest BCUT2D eigenvalue weighted by atomic mass is 10.2. The first-order valence-electron chi connectivity index (χ1n) is 9.84. The van der Waals surface area contributed by atoms with Crippen LogP contribution < -0.4 is 14.8 Å². The van der Waals surface area contributed by atoms with Crippen LogP contribution in [-0.4, -0.2) is 50.9 Å². The number of carbonyl (C=O) groups is 1. The molecule has 170 valence electrons. The number of rotatable bonds is 9. The molecule has 0 aliphatic carbocycles. The summed E-state index contributed by atoms with van der Waals surface area (Å²) in [4.78, 5) is 17.3. The summed E-state index contributed by atoms with van der Waals surface area (Å²) < 4.78 is 36.5. The quantitative estimate of drug-likeness (QED) is 0.505. The van der Waals surface area contributed by atoms with Gasteiger partial charge in [0, 0.05) is 25.0 Å². The molecule has 1 N–H and O–H groups in total. The first-order valence-corrected chi connectivity index (χ1v) is 12.2. The number of anilines is 1. The molecule has 1 amide bonds. The minimum Gasteiger partial charge on any atom is -0.497 e. The maximum atomic E-state index is 12.7. The molecule has 0 aliphatic rings. The minimum atomic E-state index is -3.49. The Bertz CT molecular complexity index is 1160. The van der Waals surface area contributed by atoms with Crippen LogP contribution in [0.15, 0.2) is 58.8 Å². The highest BCUT2D eigenvalue weighted by Gasteiger charge is 2.21. The number of nitrogens with zero attached hydrogens (tertiary/aromatic N) is 2. The maximum absolute atomic E-state index is 12.7. The molecular weight excluding hydrogens is 450 g/mol. The smallest absolute Gasteiger partial charge is 0.267 e. The molecule has 0 saturated carbocycles. The van der Waals surface area contributed by atoms with Crippen LogP contribution in [0.2, 0.25) is 0 Å². The summed E-state index contributed by atoms with van der Waals surface area (Å²) >= 11 is 1.28. The van der Waals surface area contributed by atoms with E-state index in [0.29, 0.717) is 28.7 Å². The molecule has 10 heteroatoms. The lowest BCUT2D eigenvalue weighted by Crippen LogP contribution is -2.32. The Morgan fingerprint density at radius 2 is 1.72 bits per heavy atom. The molecule has 0 radical (unpaired) electrons. The van der Waals surface area contributed by atoms with Gasteiger partial charge in [-0.25, -0.2) is 17.7 Å². The molecule has 8 nitrogen and oxygen atoms in total. The number of thiazole rings is 1. The van der Waals surface area contributed by atoms with E-state index in [2.05, 4.69) is 10.3 Å². The van der Waals surface area contributed by atoms with Crippen LogP contribution in [0.4, 0.5) is 5.13 Å². The van der Waals surface area contributed by atoms with Gasteiger partial charge in [-0.3, -0.25) is 10.1 Å². The summed E-state index contributed by atoms with van der Waals surface area (Å²) in [6.45, 7) is 1.87. The maximum Gasteiger partial charge on any atom is 0.267 e. The highest BCUT2D eigenvalue weighted by Crippen LogP contribution is 2.27. The molecule has 3 aromatic rings. The number of benzene rings is 2. The molecule has 0 bridgehead atoms. The summed E-state index contributed by atoms with van der Waals surface area (Å²) in [7, 11) is 1.07. The van der Waals surface area contributed by atoms with E-state index in [9.17, 15) is 13.2 Å². The highest BCUT2D eigenvalue weighted by molar-refractivity contribution is 7.89. The summed E-state index contributed by atoms with van der Waals surface area (Å²) in [6.07, 6.45) is -0.191. The van der Waals surface area contributed by atoms with Crippen molar-refractivity contribution in [3.63, 3.8) is 0 Å². The number of methoxy groups -OCH3 is 1. The summed E-state index contributed by atoms with van der Waals surface area (Å²) in [5.41, 5.74) is 1.39. The van der Waals surface area contributed by atoms with Crippen molar-refractivity contribution in [3.05, 3.63) is 53.9 Å². The summed E-state index contributed by atoms with van der Waals surface area (Å²) in [6, 6.07) is 13.5. The largest absolute Gasteiger partial charge is 0.497 e. The number of sulfonamides is 1. The first-order chi connectivity index (χ1) is 15.2. The van der Waals surface area contributed by atoms with Gasteiger partial charge >= 0.3 is 0 Å². The zero-order valence-corrected chi connectivity index (χ0v) is 19.9. The Balaban J connectivity index is 1.67. The Morgan fingerprint density at radius 1 is 1.09 bits per heavy atom. The lowest BCUT2D eigenvalue weighted by molar-refractivity contribution is -0.122. The lowest BCUT2D eigenvalue weighted by Gasteiger charge is -2.16. The number of aromatic nitrogens is 1. The molecular formula is C22H25N3O5S2. The van der Waals surface area contributed by atoms with Crippen molar-refractivity contribution in [1.29, 1.82) is 0 Å². The fourth-order valence-electron chi connectivity index (χ4n) is 2.80. The number of nitrogens with one attached hydrogen (secondary N) is 1. The van der Waals surface area contributed by atoms with Gasteiger partial charge in [-0.15, -0.1) is 11.3 Å². The third-order valence-electron chi connectivity index (χ3n) is 4.66.